The molecule has 1 heterocycles. The number of carbonyl (C=O) groups excluding carboxylic acids is 3. The van der Waals surface area contributed by atoms with Crippen LogP contribution < -0.4 is 11.1 Å². The third kappa shape index (κ3) is 7.53. The van der Waals surface area contributed by atoms with Crippen LogP contribution in [0.25, 0.3) is 0 Å². The average Bonchev–Trinajstić information content (AvgIpc) is 3.39. The maximum atomic E-state index is 12.9. The van der Waals surface area contributed by atoms with Gasteiger partial charge in [-0.15, -0.1) is 0 Å². The topological polar surface area (TPSA) is 166 Å². The Balaban J connectivity index is 1.54. The summed E-state index contributed by atoms with van der Waals surface area (Å²) >= 11 is 0. The van der Waals surface area contributed by atoms with Crippen LogP contribution >= 0.6 is 0 Å². The van der Waals surface area contributed by atoms with Crippen LogP contribution in [0.5, 0.6) is 0 Å². The molecule has 0 aliphatic carbocycles. The van der Waals surface area contributed by atoms with Crippen molar-refractivity contribution in [3.05, 3.63) is 71.8 Å². The number of carboxylic acid groups (broad SMARTS) is 1. The number of carboxylic acids is 1. The van der Waals surface area contributed by atoms with Gasteiger partial charge in [-0.1, -0.05) is 48.5 Å². The molecule has 5 N–H and O–H groups in total. The molecule has 0 spiro atoms. The highest BCUT2D eigenvalue weighted by molar-refractivity contribution is 5.98. The molecule has 37 heavy (non-hydrogen) atoms. The van der Waals surface area contributed by atoms with Crippen LogP contribution in [-0.4, -0.2) is 69.9 Å². The molecule has 1 aliphatic rings. The molecule has 0 radical (unpaired) electrons. The van der Waals surface area contributed by atoms with Gasteiger partial charge in [0.2, 0.25) is 5.91 Å². The van der Waals surface area contributed by atoms with Gasteiger partial charge in [0.1, 0.15) is 18.7 Å². The van der Waals surface area contributed by atoms with E-state index in [1.54, 1.807) is 54.6 Å². The number of nitrogens with zero attached hydrogens (tertiary/aromatic N) is 2. The van der Waals surface area contributed by atoms with E-state index in [-0.39, 0.29) is 31.9 Å². The maximum absolute atomic E-state index is 12.9. The van der Waals surface area contributed by atoms with Crippen molar-refractivity contribution in [2.24, 2.45) is 5.73 Å². The number of hydrogen-bond acceptors (Lipinski definition) is 6. The Bertz CT molecular complexity index is 1110. The number of likely N-dealkylation sites (tertiary alicyclic amines) is 1. The van der Waals surface area contributed by atoms with Gasteiger partial charge >= 0.3 is 12.1 Å². The highest BCUT2D eigenvalue weighted by Crippen LogP contribution is 2.21. The number of guanidine groups is 1. The number of carbonyl (C=O) groups is 4. The SMILES string of the molecule is N=C(N)N(CCC[C@H](NC(=O)[C@@H]1CCCN1C(=O)c1ccccc1)C(=O)O)C(=O)OCc1ccccc1. The van der Waals surface area contributed by atoms with Gasteiger partial charge in [0.25, 0.3) is 5.91 Å². The third-order valence-electron chi connectivity index (χ3n) is 6.04. The largest absolute Gasteiger partial charge is 0.480 e. The fraction of sp³-hybridized carbons (Fsp3) is 0.346. The van der Waals surface area contributed by atoms with Gasteiger partial charge in [0.05, 0.1) is 0 Å². The maximum Gasteiger partial charge on any atom is 0.416 e. The molecule has 0 bridgehead atoms. The van der Waals surface area contributed by atoms with E-state index >= 15 is 0 Å². The number of amides is 3. The van der Waals surface area contributed by atoms with E-state index in [1.807, 2.05) is 6.07 Å². The van der Waals surface area contributed by atoms with Gasteiger partial charge < -0.3 is 25.8 Å². The number of nitrogens with two attached hydrogens (primary N) is 1. The third-order valence-corrected chi connectivity index (χ3v) is 6.04. The summed E-state index contributed by atoms with van der Waals surface area (Å²) in [7, 11) is 0. The van der Waals surface area contributed by atoms with Gasteiger partial charge in [0.15, 0.2) is 5.96 Å². The normalized spacial score (nSPS) is 15.5. The summed E-state index contributed by atoms with van der Waals surface area (Å²) in [6.07, 6.45) is 0.355. The zero-order valence-corrected chi connectivity index (χ0v) is 20.3. The van der Waals surface area contributed by atoms with E-state index < -0.39 is 36.0 Å². The molecular formula is C26H31N5O6. The van der Waals surface area contributed by atoms with Gasteiger partial charge in [0, 0.05) is 18.7 Å². The lowest BCUT2D eigenvalue weighted by atomic mass is 10.1. The van der Waals surface area contributed by atoms with Gasteiger partial charge in [-0.25, -0.2) is 14.5 Å². The predicted molar refractivity (Wildman–Crippen MR) is 135 cm³/mol. The Kier molecular flexibility index (Phi) is 9.59. The Morgan fingerprint density at radius 1 is 1.11 bits per heavy atom. The number of aliphatic carboxylic acids is 1. The molecule has 11 heteroatoms. The zero-order valence-electron chi connectivity index (χ0n) is 20.3. The Labute approximate surface area is 214 Å². The molecule has 3 rings (SSSR count). The molecule has 2 aromatic rings. The van der Waals surface area contributed by atoms with Crippen molar-refractivity contribution in [3.8, 4) is 0 Å². The van der Waals surface area contributed by atoms with Crippen LogP contribution in [0.3, 0.4) is 0 Å². The Hall–Kier alpha value is -4.41. The minimum atomic E-state index is -1.24. The summed E-state index contributed by atoms with van der Waals surface area (Å²) in [5, 5.41) is 19.8. The molecule has 1 aliphatic heterocycles. The summed E-state index contributed by atoms with van der Waals surface area (Å²) in [6, 6.07) is 15.6. The first-order valence-corrected chi connectivity index (χ1v) is 12.0. The fourth-order valence-corrected chi connectivity index (χ4v) is 4.12. The zero-order chi connectivity index (χ0) is 26.8. The Morgan fingerprint density at radius 3 is 2.38 bits per heavy atom. The van der Waals surface area contributed by atoms with Crippen molar-refractivity contribution in [3.63, 3.8) is 0 Å². The van der Waals surface area contributed by atoms with Crippen LogP contribution in [0, 0.1) is 5.41 Å². The number of ether oxygens (including phenoxy) is 1. The van der Waals surface area contributed by atoms with Crippen LogP contribution in [0.1, 0.15) is 41.6 Å². The van der Waals surface area contributed by atoms with Crippen molar-refractivity contribution in [2.75, 3.05) is 13.1 Å². The van der Waals surface area contributed by atoms with E-state index in [0.717, 1.165) is 10.5 Å². The summed E-state index contributed by atoms with van der Waals surface area (Å²) in [5.74, 6) is -2.60. The molecule has 11 nitrogen and oxygen atoms in total. The monoisotopic (exact) mass is 509 g/mol. The molecule has 2 atom stereocenters. The van der Waals surface area contributed by atoms with E-state index in [4.69, 9.17) is 15.9 Å². The van der Waals surface area contributed by atoms with Crippen LogP contribution in [0.4, 0.5) is 4.79 Å². The van der Waals surface area contributed by atoms with E-state index in [2.05, 4.69) is 5.32 Å². The van der Waals surface area contributed by atoms with E-state index in [9.17, 15) is 24.3 Å². The number of rotatable bonds is 10. The van der Waals surface area contributed by atoms with Crippen molar-refractivity contribution >= 4 is 29.8 Å². The molecule has 0 saturated carbocycles. The van der Waals surface area contributed by atoms with Crippen molar-refractivity contribution < 1.29 is 29.0 Å². The lowest BCUT2D eigenvalue weighted by molar-refractivity contribution is -0.142. The molecule has 1 fully saturated rings. The minimum absolute atomic E-state index is 0.00312. The highest BCUT2D eigenvalue weighted by atomic mass is 16.6. The standard InChI is InChI=1S/C26H31N5O6/c27-25(28)31(26(36)37-17-18-9-3-1-4-10-18)16-7-13-20(24(34)35)29-22(32)21-14-8-15-30(21)23(33)19-11-5-2-6-12-19/h1-6,9-12,20-21H,7-8,13-17H2,(H3,27,28)(H,29,32)(H,34,35)/t20-,21-/m0/s1. The Morgan fingerprint density at radius 2 is 1.76 bits per heavy atom. The predicted octanol–water partition coefficient (Wildman–Crippen LogP) is 2.17. The first-order chi connectivity index (χ1) is 17.8. The van der Waals surface area contributed by atoms with E-state index in [0.29, 0.717) is 24.9 Å². The molecule has 0 unspecified atom stereocenters. The second-order valence-electron chi connectivity index (χ2n) is 8.64. The summed E-state index contributed by atoms with van der Waals surface area (Å²) in [5.41, 5.74) is 6.75. The number of benzene rings is 2. The summed E-state index contributed by atoms with van der Waals surface area (Å²) < 4.78 is 5.20. The van der Waals surface area contributed by atoms with Crippen molar-refractivity contribution in [1.82, 2.24) is 15.1 Å². The minimum Gasteiger partial charge on any atom is -0.480 e. The van der Waals surface area contributed by atoms with Crippen molar-refractivity contribution in [2.45, 2.75) is 44.4 Å². The quantitative estimate of drug-likeness (QED) is 0.281. The summed E-state index contributed by atoms with van der Waals surface area (Å²) in [4.78, 5) is 52.4. The van der Waals surface area contributed by atoms with Crippen LogP contribution in [0.15, 0.2) is 60.7 Å². The highest BCUT2D eigenvalue weighted by Gasteiger charge is 2.36. The lowest BCUT2D eigenvalue weighted by Crippen LogP contribution is -2.51. The first-order valence-electron chi connectivity index (χ1n) is 12.0. The van der Waals surface area contributed by atoms with Crippen molar-refractivity contribution in [1.29, 1.82) is 5.41 Å². The average molecular weight is 510 g/mol. The summed E-state index contributed by atoms with van der Waals surface area (Å²) in [6.45, 7) is 0.337. The van der Waals surface area contributed by atoms with Gasteiger partial charge in [-0.05, 0) is 43.4 Å². The molecule has 2 aromatic carbocycles. The molecule has 1 saturated heterocycles. The van der Waals surface area contributed by atoms with Gasteiger partial charge in [-0.2, -0.15) is 0 Å². The molecular weight excluding hydrogens is 478 g/mol. The van der Waals surface area contributed by atoms with Gasteiger partial charge in [-0.3, -0.25) is 15.0 Å². The number of nitrogens with one attached hydrogen (secondary N) is 2. The van der Waals surface area contributed by atoms with Crippen LogP contribution in [-0.2, 0) is 20.9 Å². The second-order valence-corrected chi connectivity index (χ2v) is 8.64. The molecule has 3 amide bonds. The smallest absolute Gasteiger partial charge is 0.416 e. The fourth-order valence-electron chi connectivity index (χ4n) is 4.12. The lowest BCUT2D eigenvalue weighted by Gasteiger charge is -2.26. The molecule has 196 valence electrons. The van der Waals surface area contributed by atoms with Crippen LogP contribution in [0.2, 0.25) is 0 Å². The molecule has 0 aromatic heterocycles. The van der Waals surface area contributed by atoms with E-state index in [1.165, 1.54) is 4.90 Å². The first kappa shape index (κ1) is 27.2. The second kappa shape index (κ2) is 13.1. The number of hydrogen-bond donors (Lipinski definition) is 4.